The lowest BCUT2D eigenvalue weighted by Crippen LogP contribution is -2.33. The largest absolute Gasteiger partial charge is 0.497 e. The Morgan fingerprint density at radius 3 is 2.53 bits per heavy atom. The quantitative estimate of drug-likeness (QED) is 0.691. The zero-order chi connectivity index (χ0) is 21.9. The van der Waals surface area contributed by atoms with Crippen LogP contribution < -0.4 is 14.8 Å². The fourth-order valence-electron chi connectivity index (χ4n) is 5.42. The van der Waals surface area contributed by atoms with E-state index in [0.29, 0.717) is 25.0 Å². The van der Waals surface area contributed by atoms with Gasteiger partial charge in [0.25, 0.3) is 5.91 Å². The predicted octanol–water partition coefficient (Wildman–Crippen LogP) is 4.61. The van der Waals surface area contributed by atoms with Gasteiger partial charge in [-0.3, -0.25) is 4.79 Å². The average Bonchev–Trinajstić information content (AvgIpc) is 3.04. The normalized spacial score (nSPS) is 23.7. The minimum atomic E-state index is 0.00246. The molecule has 1 saturated heterocycles. The van der Waals surface area contributed by atoms with Crippen molar-refractivity contribution in [1.29, 1.82) is 0 Å². The molecule has 1 aliphatic carbocycles. The summed E-state index contributed by atoms with van der Waals surface area (Å²) in [6, 6.07) is 14.5. The van der Waals surface area contributed by atoms with Gasteiger partial charge in [-0.25, -0.2) is 0 Å². The van der Waals surface area contributed by atoms with E-state index in [4.69, 9.17) is 9.47 Å². The van der Waals surface area contributed by atoms with Gasteiger partial charge in [0.15, 0.2) is 0 Å². The maximum atomic E-state index is 12.0. The summed E-state index contributed by atoms with van der Waals surface area (Å²) >= 11 is 0. The first-order valence-corrected chi connectivity index (χ1v) is 12.1. The first kappa shape index (κ1) is 21.3. The van der Waals surface area contributed by atoms with Gasteiger partial charge in [0, 0.05) is 24.6 Å². The van der Waals surface area contributed by atoms with Crippen molar-refractivity contribution in [3.8, 4) is 11.5 Å². The number of amides is 1. The summed E-state index contributed by atoms with van der Waals surface area (Å²) in [7, 11) is 1.71. The van der Waals surface area contributed by atoms with Crippen LogP contribution in [0, 0.1) is 11.8 Å². The summed E-state index contributed by atoms with van der Waals surface area (Å²) in [5, 5.41) is 2.88. The zero-order valence-electron chi connectivity index (χ0n) is 19.0. The van der Waals surface area contributed by atoms with Gasteiger partial charge in [-0.1, -0.05) is 24.6 Å². The number of nitrogens with one attached hydrogen (secondary N) is 1. The van der Waals surface area contributed by atoms with E-state index in [-0.39, 0.29) is 5.91 Å². The summed E-state index contributed by atoms with van der Waals surface area (Å²) < 4.78 is 11.7. The Morgan fingerprint density at radius 2 is 1.78 bits per heavy atom. The number of methoxy groups -OCH3 is 1. The van der Waals surface area contributed by atoms with Crippen LogP contribution in [-0.4, -0.2) is 44.2 Å². The van der Waals surface area contributed by atoms with Crippen molar-refractivity contribution >= 4 is 5.91 Å². The number of rotatable bonds is 7. The van der Waals surface area contributed by atoms with E-state index in [1.165, 1.54) is 31.4 Å². The highest BCUT2D eigenvalue weighted by molar-refractivity contribution is 5.98. The van der Waals surface area contributed by atoms with Crippen molar-refractivity contribution < 1.29 is 14.3 Å². The monoisotopic (exact) mass is 434 g/mol. The second-order valence-corrected chi connectivity index (χ2v) is 9.63. The van der Waals surface area contributed by atoms with Crippen molar-refractivity contribution in [2.75, 3.05) is 33.4 Å². The van der Waals surface area contributed by atoms with Crippen molar-refractivity contribution in [1.82, 2.24) is 10.2 Å². The van der Waals surface area contributed by atoms with Gasteiger partial charge in [-0.15, -0.1) is 0 Å². The molecule has 170 valence electrons. The molecule has 1 N–H and O–H groups in total. The van der Waals surface area contributed by atoms with Crippen LogP contribution in [0.15, 0.2) is 42.5 Å². The summed E-state index contributed by atoms with van der Waals surface area (Å²) in [5.74, 6) is 3.51. The van der Waals surface area contributed by atoms with E-state index in [1.54, 1.807) is 7.11 Å². The van der Waals surface area contributed by atoms with Crippen LogP contribution in [0.2, 0.25) is 0 Å². The molecule has 2 aromatic carbocycles. The smallest absolute Gasteiger partial charge is 0.252 e. The first-order valence-electron chi connectivity index (χ1n) is 12.1. The molecule has 5 heteroatoms. The Morgan fingerprint density at radius 1 is 1.00 bits per heavy atom. The molecular formula is C27H34N2O3. The third-order valence-electron chi connectivity index (χ3n) is 7.66. The number of likely N-dealkylation sites (tertiary alicyclic amines) is 1. The lowest BCUT2D eigenvalue weighted by atomic mass is 9.83. The number of ether oxygens (including phenoxy) is 2. The standard InChI is InChI=1S/C27H34N2O3/c1-31-23-8-5-20(6-9-23)25-12-14-29(17-19-3-2-4-19)13-11-22(25)18-32-24-10-7-21-16-28-27(30)26(21)15-24/h5-10,15,19,22,25H,2-4,11-14,16-18H2,1H3,(H,28,30). The molecule has 2 aromatic rings. The molecule has 0 radical (unpaired) electrons. The maximum absolute atomic E-state index is 12.0. The molecule has 1 amide bonds. The molecular weight excluding hydrogens is 400 g/mol. The van der Waals surface area contributed by atoms with Crippen molar-refractivity contribution in [3.63, 3.8) is 0 Å². The van der Waals surface area contributed by atoms with Crippen LogP contribution in [-0.2, 0) is 6.54 Å². The molecule has 2 fully saturated rings. The fraction of sp³-hybridized carbons (Fsp3) is 0.519. The highest BCUT2D eigenvalue weighted by atomic mass is 16.5. The zero-order valence-corrected chi connectivity index (χ0v) is 19.0. The van der Waals surface area contributed by atoms with Crippen molar-refractivity contribution in [2.45, 2.75) is 44.6 Å². The van der Waals surface area contributed by atoms with Gasteiger partial charge in [0.2, 0.25) is 0 Å². The van der Waals surface area contributed by atoms with Gasteiger partial charge < -0.3 is 19.7 Å². The van der Waals surface area contributed by atoms with Crippen molar-refractivity contribution in [2.24, 2.45) is 11.8 Å². The topological polar surface area (TPSA) is 50.8 Å². The molecule has 2 unspecified atom stereocenters. The van der Waals surface area contributed by atoms with Crippen LogP contribution >= 0.6 is 0 Å². The molecule has 5 nitrogen and oxygen atoms in total. The number of fused-ring (bicyclic) bond motifs is 1. The molecule has 0 aromatic heterocycles. The lowest BCUT2D eigenvalue weighted by molar-refractivity contribution is 0.0965. The Bertz CT molecular complexity index is 938. The minimum absolute atomic E-state index is 0.00246. The van der Waals surface area contributed by atoms with Crippen LogP contribution in [0.4, 0.5) is 0 Å². The molecule has 0 bridgehead atoms. The van der Waals surface area contributed by atoms with Crippen molar-refractivity contribution in [3.05, 3.63) is 59.2 Å². The van der Waals surface area contributed by atoms with E-state index in [9.17, 15) is 4.79 Å². The van der Waals surface area contributed by atoms with Crippen LogP contribution in [0.3, 0.4) is 0 Å². The summed E-state index contributed by atoms with van der Waals surface area (Å²) in [4.78, 5) is 14.7. The molecule has 1 saturated carbocycles. The van der Waals surface area contributed by atoms with Crippen LogP contribution in [0.1, 0.15) is 59.5 Å². The molecule has 0 spiro atoms. The number of hydrogen-bond donors (Lipinski definition) is 1. The maximum Gasteiger partial charge on any atom is 0.252 e. The second-order valence-electron chi connectivity index (χ2n) is 9.63. The van der Waals surface area contributed by atoms with Gasteiger partial charge in [0.05, 0.1) is 13.7 Å². The number of nitrogens with zero attached hydrogens (tertiary/aromatic N) is 1. The SMILES string of the molecule is COc1ccc(C2CCN(CC3CCC3)CCC2COc2ccc3c(c2)C(=O)NC3)cc1. The van der Waals surface area contributed by atoms with Gasteiger partial charge in [-0.2, -0.15) is 0 Å². The highest BCUT2D eigenvalue weighted by Gasteiger charge is 2.30. The van der Waals surface area contributed by atoms with Crippen LogP contribution in [0.25, 0.3) is 0 Å². The fourth-order valence-corrected chi connectivity index (χ4v) is 5.42. The number of carbonyl (C=O) groups is 1. The van der Waals surface area contributed by atoms with E-state index in [1.807, 2.05) is 18.2 Å². The highest BCUT2D eigenvalue weighted by Crippen LogP contribution is 2.36. The first-order chi connectivity index (χ1) is 15.7. The van der Waals surface area contributed by atoms with E-state index in [2.05, 4.69) is 34.5 Å². The average molecular weight is 435 g/mol. The molecule has 2 heterocycles. The molecule has 3 aliphatic rings. The van der Waals surface area contributed by atoms with Gasteiger partial charge >= 0.3 is 0 Å². The Hall–Kier alpha value is -2.53. The summed E-state index contributed by atoms with van der Waals surface area (Å²) in [5.41, 5.74) is 3.18. The predicted molar refractivity (Wildman–Crippen MR) is 125 cm³/mol. The second kappa shape index (κ2) is 9.53. The van der Waals surface area contributed by atoms with E-state index >= 15 is 0 Å². The Balaban J connectivity index is 1.30. The molecule has 2 atom stereocenters. The number of carbonyl (C=O) groups excluding carboxylic acids is 1. The Labute approximate surface area is 191 Å². The van der Waals surface area contributed by atoms with E-state index in [0.717, 1.165) is 54.5 Å². The molecule has 5 rings (SSSR count). The number of benzene rings is 2. The van der Waals surface area contributed by atoms with Gasteiger partial charge in [0.1, 0.15) is 11.5 Å². The third-order valence-corrected chi connectivity index (χ3v) is 7.66. The Kier molecular flexibility index (Phi) is 6.35. The van der Waals surface area contributed by atoms with Crippen LogP contribution in [0.5, 0.6) is 11.5 Å². The van der Waals surface area contributed by atoms with E-state index < -0.39 is 0 Å². The van der Waals surface area contributed by atoms with Gasteiger partial charge in [-0.05, 0) is 86.0 Å². The summed E-state index contributed by atoms with van der Waals surface area (Å²) in [6.07, 6.45) is 6.49. The molecule has 32 heavy (non-hydrogen) atoms. The summed E-state index contributed by atoms with van der Waals surface area (Å²) in [6.45, 7) is 4.84. The third kappa shape index (κ3) is 4.63. The minimum Gasteiger partial charge on any atom is -0.497 e. The number of hydrogen-bond acceptors (Lipinski definition) is 4. The molecule has 2 aliphatic heterocycles. The lowest BCUT2D eigenvalue weighted by Gasteiger charge is -2.31.